The Morgan fingerprint density at radius 2 is 2.04 bits per heavy atom. The number of terminal acetylenes is 1. The lowest BCUT2D eigenvalue weighted by Gasteiger charge is -2.52. The van der Waals surface area contributed by atoms with E-state index in [4.69, 9.17) is 11.2 Å². The Bertz CT molecular complexity index is 715. The van der Waals surface area contributed by atoms with Gasteiger partial charge in [0, 0.05) is 5.41 Å². The van der Waals surface area contributed by atoms with Gasteiger partial charge in [-0.1, -0.05) is 18.9 Å². The molecule has 0 radical (unpaired) electrons. The zero-order valence-electron chi connectivity index (χ0n) is 15.7. The Morgan fingerprint density at radius 3 is 2.76 bits per heavy atom. The maximum atomic E-state index is 11.0. The molecule has 2 nitrogen and oxygen atoms in total. The first-order valence-electron chi connectivity index (χ1n) is 9.87. The Hall–Kier alpha value is -1.46. The van der Waals surface area contributed by atoms with Crippen molar-refractivity contribution in [1.82, 2.24) is 0 Å². The molecule has 25 heavy (non-hydrogen) atoms. The normalized spacial score (nSPS) is 39.3. The van der Waals surface area contributed by atoms with Gasteiger partial charge in [0.2, 0.25) is 0 Å². The van der Waals surface area contributed by atoms with Gasteiger partial charge >= 0.3 is 0 Å². The smallest absolute Gasteiger partial charge is 0.130 e. The number of aryl methyl sites for hydroxylation is 1. The van der Waals surface area contributed by atoms with Gasteiger partial charge in [-0.2, -0.15) is 0 Å². The zero-order valence-corrected chi connectivity index (χ0v) is 15.7. The van der Waals surface area contributed by atoms with Crippen LogP contribution in [-0.2, 0) is 6.42 Å². The highest BCUT2D eigenvalue weighted by Crippen LogP contribution is 2.64. The summed E-state index contributed by atoms with van der Waals surface area (Å²) in [5.74, 6) is 5.58. The zero-order chi connectivity index (χ0) is 17.8. The average molecular weight is 338 g/mol. The quantitative estimate of drug-likeness (QED) is 0.793. The summed E-state index contributed by atoms with van der Waals surface area (Å²) >= 11 is 0. The van der Waals surface area contributed by atoms with Gasteiger partial charge in [-0.15, -0.1) is 6.42 Å². The Morgan fingerprint density at radius 1 is 1.24 bits per heavy atom. The van der Waals surface area contributed by atoms with Gasteiger partial charge in [0.05, 0.1) is 6.10 Å². The first-order valence-corrected chi connectivity index (χ1v) is 9.87. The van der Waals surface area contributed by atoms with E-state index in [-0.39, 0.29) is 11.5 Å². The molecule has 3 aliphatic rings. The third-order valence-electron chi connectivity index (χ3n) is 7.46. The van der Waals surface area contributed by atoms with Gasteiger partial charge in [-0.05, 0) is 93.4 Å². The van der Waals surface area contributed by atoms with E-state index in [9.17, 15) is 5.11 Å². The highest BCUT2D eigenvalue weighted by Gasteiger charge is 2.61. The lowest BCUT2D eigenvalue weighted by molar-refractivity contribution is -0.0646. The van der Waals surface area contributed by atoms with Gasteiger partial charge < -0.3 is 9.84 Å². The molecule has 0 saturated heterocycles. The third-order valence-corrected chi connectivity index (χ3v) is 7.46. The molecular weight excluding hydrogens is 308 g/mol. The maximum absolute atomic E-state index is 11.0. The van der Waals surface area contributed by atoms with Crippen LogP contribution in [0.25, 0.3) is 0 Å². The van der Waals surface area contributed by atoms with Crippen molar-refractivity contribution in [3.8, 4) is 18.1 Å². The SMILES string of the molecule is C#C[C@]1(O)CC[C@H]2[C@@H]3CCc4cc(OC(C)C)ccc4[C@H]3CCC21C. The van der Waals surface area contributed by atoms with Gasteiger partial charge in [-0.25, -0.2) is 0 Å². The van der Waals surface area contributed by atoms with Crippen molar-refractivity contribution in [2.24, 2.45) is 17.3 Å². The summed E-state index contributed by atoms with van der Waals surface area (Å²) in [4.78, 5) is 0. The number of hydrogen-bond donors (Lipinski definition) is 1. The van der Waals surface area contributed by atoms with Crippen LogP contribution in [0, 0.1) is 29.6 Å². The van der Waals surface area contributed by atoms with Crippen molar-refractivity contribution in [3.63, 3.8) is 0 Å². The summed E-state index contributed by atoms with van der Waals surface area (Å²) in [5.41, 5.74) is 1.97. The molecule has 0 heterocycles. The first-order chi connectivity index (χ1) is 11.9. The summed E-state index contributed by atoms with van der Waals surface area (Å²) in [6.45, 7) is 6.39. The lowest BCUT2D eigenvalue weighted by atomic mass is 9.53. The Labute approximate surface area is 152 Å². The number of ether oxygens (including phenoxy) is 1. The van der Waals surface area contributed by atoms with Gasteiger partial charge in [-0.3, -0.25) is 0 Å². The molecule has 2 saturated carbocycles. The summed E-state index contributed by atoms with van der Waals surface area (Å²) in [6.07, 6.45) is 12.3. The minimum atomic E-state index is -0.905. The molecular formula is C23H30O2. The van der Waals surface area contributed by atoms with Crippen molar-refractivity contribution < 1.29 is 9.84 Å². The molecule has 1 unspecified atom stereocenters. The minimum Gasteiger partial charge on any atom is -0.491 e. The molecule has 0 amide bonds. The van der Waals surface area contributed by atoms with Crippen LogP contribution in [0.2, 0.25) is 0 Å². The fourth-order valence-corrected chi connectivity index (χ4v) is 6.16. The summed E-state index contributed by atoms with van der Waals surface area (Å²) in [7, 11) is 0. The summed E-state index contributed by atoms with van der Waals surface area (Å²) in [6, 6.07) is 6.70. The molecule has 0 bridgehead atoms. The van der Waals surface area contributed by atoms with Crippen molar-refractivity contribution in [3.05, 3.63) is 29.3 Å². The minimum absolute atomic E-state index is 0.110. The first kappa shape index (κ1) is 17.0. The third kappa shape index (κ3) is 2.43. The number of hydrogen-bond acceptors (Lipinski definition) is 2. The standard InChI is InChI=1S/C23H30O2/c1-5-23(24)13-11-21-20-8-6-16-14-17(25-15(2)3)7-9-18(16)19(20)10-12-22(21,23)4/h1,7,9,14-15,19-21,24H,6,8,10-13H2,2-4H3/t19-,20-,21+,22?,23+/m1/s1. The number of benzene rings is 1. The average Bonchev–Trinajstić information content (AvgIpc) is 2.86. The van der Waals surface area contributed by atoms with Crippen molar-refractivity contribution in [1.29, 1.82) is 0 Å². The van der Waals surface area contributed by atoms with E-state index < -0.39 is 5.60 Å². The summed E-state index contributed by atoms with van der Waals surface area (Å²) in [5, 5.41) is 11.0. The van der Waals surface area contributed by atoms with Crippen molar-refractivity contribution in [2.75, 3.05) is 0 Å². The van der Waals surface area contributed by atoms with Gasteiger partial charge in [0.1, 0.15) is 11.4 Å². The van der Waals surface area contributed by atoms with Crippen molar-refractivity contribution in [2.45, 2.75) is 76.9 Å². The predicted octanol–water partition coefficient (Wildman–Crippen LogP) is 4.69. The molecule has 2 heteroatoms. The largest absolute Gasteiger partial charge is 0.491 e. The second kappa shape index (κ2) is 5.78. The van der Waals surface area contributed by atoms with E-state index in [1.54, 1.807) is 0 Å². The fraction of sp³-hybridized carbons (Fsp3) is 0.652. The molecule has 1 aromatic carbocycles. The molecule has 2 fully saturated rings. The molecule has 0 aromatic heterocycles. The number of fused-ring (bicyclic) bond motifs is 5. The molecule has 134 valence electrons. The van der Waals surface area contributed by atoms with E-state index in [1.165, 1.54) is 17.5 Å². The van der Waals surface area contributed by atoms with Crippen LogP contribution in [0.3, 0.4) is 0 Å². The molecule has 0 spiro atoms. The fourth-order valence-electron chi connectivity index (χ4n) is 6.16. The van der Waals surface area contributed by atoms with Gasteiger partial charge in [0.25, 0.3) is 0 Å². The van der Waals surface area contributed by atoms with Crippen LogP contribution in [-0.4, -0.2) is 16.8 Å². The van der Waals surface area contributed by atoms with E-state index in [2.05, 4.69) is 44.9 Å². The molecule has 1 N–H and O–H groups in total. The van der Waals surface area contributed by atoms with Crippen LogP contribution in [0.4, 0.5) is 0 Å². The van der Waals surface area contributed by atoms with E-state index >= 15 is 0 Å². The van der Waals surface area contributed by atoms with E-state index in [0.717, 1.165) is 37.9 Å². The Balaban J connectivity index is 1.64. The predicted molar refractivity (Wildman–Crippen MR) is 101 cm³/mol. The highest BCUT2D eigenvalue weighted by molar-refractivity contribution is 5.41. The topological polar surface area (TPSA) is 29.5 Å². The number of aliphatic hydroxyl groups is 1. The van der Waals surface area contributed by atoms with E-state index in [0.29, 0.717) is 17.8 Å². The molecule has 5 atom stereocenters. The Kier molecular flexibility index (Phi) is 3.92. The monoisotopic (exact) mass is 338 g/mol. The second-order valence-electron chi connectivity index (χ2n) is 8.94. The summed E-state index contributed by atoms with van der Waals surface area (Å²) < 4.78 is 5.89. The molecule has 4 rings (SSSR count). The highest BCUT2D eigenvalue weighted by atomic mass is 16.5. The molecule has 1 aromatic rings. The lowest BCUT2D eigenvalue weighted by Crippen LogP contribution is -2.50. The molecule has 3 aliphatic carbocycles. The van der Waals surface area contributed by atoms with Crippen LogP contribution < -0.4 is 4.74 Å². The van der Waals surface area contributed by atoms with Crippen LogP contribution in [0.1, 0.15) is 69.9 Å². The van der Waals surface area contributed by atoms with Gasteiger partial charge in [0.15, 0.2) is 0 Å². The number of rotatable bonds is 2. The van der Waals surface area contributed by atoms with Crippen LogP contribution in [0.15, 0.2) is 18.2 Å². The van der Waals surface area contributed by atoms with Crippen molar-refractivity contribution >= 4 is 0 Å². The van der Waals surface area contributed by atoms with Crippen LogP contribution >= 0.6 is 0 Å². The molecule has 0 aliphatic heterocycles. The maximum Gasteiger partial charge on any atom is 0.130 e. The van der Waals surface area contributed by atoms with Crippen LogP contribution in [0.5, 0.6) is 5.75 Å². The van der Waals surface area contributed by atoms with E-state index in [1.807, 2.05) is 0 Å². The second-order valence-corrected chi connectivity index (χ2v) is 8.94.